The highest BCUT2D eigenvalue weighted by atomic mass is 19.2. The molecule has 2 aromatic carbocycles. The number of aryl methyl sites for hydroxylation is 1. The summed E-state index contributed by atoms with van der Waals surface area (Å²) >= 11 is 0. The van der Waals surface area contributed by atoms with E-state index in [4.69, 9.17) is 14.6 Å². The van der Waals surface area contributed by atoms with E-state index < -0.39 is 71.9 Å². The van der Waals surface area contributed by atoms with Crippen LogP contribution >= 0.6 is 0 Å². The Morgan fingerprint density at radius 2 is 1.74 bits per heavy atom. The second-order valence-corrected chi connectivity index (χ2v) is 8.85. The molecule has 0 aromatic heterocycles. The third-order valence-corrected chi connectivity index (χ3v) is 6.07. The van der Waals surface area contributed by atoms with E-state index in [9.17, 15) is 32.3 Å². The third kappa shape index (κ3) is 7.46. The maximum absolute atomic E-state index is 14.1. The van der Waals surface area contributed by atoms with Crippen LogP contribution in [0.3, 0.4) is 0 Å². The van der Waals surface area contributed by atoms with Crippen molar-refractivity contribution in [2.75, 3.05) is 19.7 Å². The summed E-state index contributed by atoms with van der Waals surface area (Å²) in [5.74, 6) is -8.92. The highest BCUT2D eigenvalue weighted by molar-refractivity contribution is 5.93. The molecule has 0 unspecified atom stereocenters. The largest absolute Gasteiger partial charge is 0.481 e. The summed E-state index contributed by atoms with van der Waals surface area (Å²) in [5, 5.41) is 11.5. The SMILES string of the molecule is Cc1cc(F)c(F)c(OCC(=O)[C@H](CC(=O)O)NC(=O)C2CCN(C(=O)OCc3ccccc3)CC2)c1F. The van der Waals surface area contributed by atoms with Crippen molar-refractivity contribution in [2.24, 2.45) is 5.92 Å². The van der Waals surface area contributed by atoms with E-state index in [1.807, 2.05) is 30.3 Å². The van der Waals surface area contributed by atoms with Gasteiger partial charge in [0.2, 0.25) is 11.7 Å². The van der Waals surface area contributed by atoms with Crippen LogP contribution in [0.25, 0.3) is 0 Å². The molecule has 1 aliphatic heterocycles. The maximum Gasteiger partial charge on any atom is 0.410 e. The molecule has 9 nitrogen and oxygen atoms in total. The van der Waals surface area contributed by atoms with Gasteiger partial charge in [-0.25, -0.2) is 13.6 Å². The predicted molar refractivity (Wildman–Crippen MR) is 127 cm³/mol. The van der Waals surface area contributed by atoms with Crippen LogP contribution in [0.5, 0.6) is 5.75 Å². The molecule has 1 heterocycles. The fourth-order valence-corrected chi connectivity index (χ4v) is 3.92. The van der Waals surface area contributed by atoms with Crippen molar-refractivity contribution < 1.29 is 46.9 Å². The second-order valence-electron chi connectivity index (χ2n) is 8.85. The van der Waals surface area contributed by atoms with Gasteiger partial charge < -0.3 is 24.8 Å². The lowest BCUT2D eigenvalue weighted by Gasteiger charge is -2.31. The zero-order valence-electron chi connectivity index (χ0n) is 20.5. The van der Waals surface area contributed by atoms with Gasteiger partial charge in [-0.15, -0.1) is 0 Å². The first-order valence-corrected chi connectivity index (χ1v) is 11.8. The van der Waals surface area contributed by atoms with Gasteiger partial charge in [0.1, 0.15) is 19.3 Å². The fraction of sp³-hybridized carbons (Fsp3) is 0.385. The molecule has 1 aliphatic rings. The number of ketones is 1. The Hall–Kier alpha value is -4.09. The highest BCUT2D eigenvalue weighted by Crippen LogP contribution is 2.27. The van der Waals surface area contributed by atoms with E-state index in [-0.39, 0.29) is 38.1 Å². The molecule has 0 saturated carbocycles. The van der Waals surface area contributed by atoms with Crippen LogP contribution in [0, 0.1) is 30.3 Å². The predicted octanol–water partition coefficient (Wildman–Crippen LogP) is 3.37. The summed E-state index contributed by atoms with van der Waals surface area (Å²) in [7, 11) is 0. The van der Waals surface area contributed by atoms with E-state index in [1.54, 1.807) is 0 Å². The Morgan fingerprint density at radius 3 is 2.37 bits per heavy atom. The summed E-state index contributed by atoms with van der Waals surface area (Å²) in [4.78, 5) is 50.4. The molecule has 3 rings (SSSR count). The van der Waals surface area contributed by atoms with Crippen LogP contribution in [0.2, 0.25) is 0 Å². The molecule has 1 atom stereocenters. The minimum atomic E-state index is -1.63. The molecule has 0 aliphatic carbocycles. The molecule has 2 aromatic rings. The number of benzene rings is 2. The molecule has 1 fully saturated rings. The molecular weight excluding hydrogens is 509 g/mol. The number of hydrogen-bond donors (Lipinski definition) is 2. The van der Waals surface area contributed by atoms with Gasteiger partial charge in [0, 0.05) is 19.0 Å². The number of hydrogen-bond acceptors (Lipinski definition) is 6. The average Bonchev–Trinajstić information content (AvgIpc) is 2.90. The molecule has 2 amide bonds. The van der Waals surface area contributed by atoms with Gasteiger partial charge in [-0.3, -0.25) is 14.4 Å². The van der Waals surface area contributed by atoms with Crippen molar-refractivity contribution in [3.05, 3.63) is 65.0 Å². The number of Topliss-reactive ketones (excluding diaryl/α,β-unsaturated/α-hetero) is 1. The number of rotatable bonds is 10. The minimum absolute atomic E-state index is 0.101. The minimum Gasteiger partial charge on any atom is -0.481 e. The van der Waals surface area contributed by atoms with Gasteiger partial charge in [0.05, 0.1) is 6.42 Å². The summed E-state index contributed by atoms with van der Waals surface area (Å²) in [6.07, 6.45) is -0.840. The van der Waals surface area contributed by atoms with Crippen LogP contribution in [0.1, 0.15) is 30.4 Å². The molecule has 12 heteroatoms. The number of carbonyl (C=O) groups is 4. The first-order chi connectivity index (χ1) is 18.1. The van der Waals surface area contributed by atoms with Gasteiger partial charge in [0.25, 0.3) is 0 Å². The van der Waals surface area contributed by atoms with Crippen LogP contribution in [0.4, 0.5) is 18.0 Å². The molecule has 0 bridgehead atoms. The van der Waals surface area contributed by atoms with Crippen molar-refractivity contribution in [1.82, 2.24) is 10.2 Å². The normalized spacial score (nSPS) is 14.5. The number of carboxylic acid groups (broad SMARTS) is 1. The van der Waals surface area contributed by atoms with Crippen molar-refractivity contribution in [1.29, 1.82) is 0 Å². The molecule has 1 saturated heterocycles. The Bertz CT molecular complexity index is 1160. The lowest BCUT2D eigenvalue weighted by molar-refractivity contribution is -0.141. The second kappa shape index (κ2) is 12.9. The van der Waals surface area contributed by atoms with E-state index in [1.165, 1.54) is 11.8 Å². The van der Waals surface area contributed by atoms with E-state index in [2.05, 4.69) is 5.32 Å². The van der Waals surface area contributed by atoms with Crippen molar-refractivity contribution in [3.8, 4) is 5.75 Å². The van der Waals surface area contributed by atoms with Gasteiger partial charge in [-0.1, -0.05) is 30.3 Å². The van der Waals surface area contributed by atoms with Crippen molar-refractivity contribution >= 4 is 23.8 Å². The van der Waals surface area contributed by atoms with Crippen LogP contribution in [-0.2, 0) is 25.7 Å². The summed E-state index contributed by atoms with van der Waals surface area (Å²) in [6.45, 7) is 0.701. The van der Waals surface area contributed by atoms with Gasteiger partial charge in [-0.2, -0.15) is 4.39 Å². The van der Waals surface area contributed by atoms with Crippen LogP contribution in [0.15, 0.2) is 36.4 Å². The first-order valence-electron chi connectivity index (χ1n) is 11.8. The molecule has 0 radical (unpaired) electrons. The monoisotopic (exact) mass is 536 g/mol. The zero-order chi connectivity index (χ0) is 27.8. The molecular formula is C26H27F3N2O7. The number of amides is 2. The maximum atomic E-state index is 14.1. The Kier molecular flexibility index (Phi) is 9.69. The quantitative estimate of drug-likeness (QED) is 0.447. The Labute approximate surface area is 216 Å². The number of ether oxygens (including phenoxy) is 2. The lowest BCUT2D eigenvalue weighted by Crippen LogP contribution is -2.49. The van der Waals surface area contributed by atoms with Crippen LogP contribution < -0.4 is 10.1 Å². The topological polar surface area (TPSA) is 122 Å². The number of carbonyl (C=O) groups excluding carboxylic acids is 3. The molecule has 2 N–H and O–H groups in total. The number of nitrogens with one attached hydrogen (secondary N) is 1. The molecule has 0 spiro atoms. The van der Waals surface area contributed by atoms with Crippen LogP contribution in [-0.4, -0.2) is 59.5 Å². The van der Waals surface area contributed by atoms with Gasteiger partial charge in [-0.05, 0) is 37.0 Å². The van der Waals surface area contributed by atoms with E-state index >= 15 is 0 Å². The van der Waals surface area contributed by atoms with Gasteiger partial charge in [0.15, 0.2) is 23.2 Å². The zero-order valence-corrected chi connectivity index (χ0v) is 20.5. The number of halogens is 3. The number of nitrogens with zero attached hydrogens (tertiary/aromatic N) is 1. The van der Waals surface area contributed by atoms with E-state index in [0.717, 1.165) is 5.56 Å². The van der Waals surface area contributed by atoms with Crippen molar-refractivity contribution in [3.63, 3.8) is 0 Å². The summed E-state index contributed by atoms with van der Waals surface area (Å²) in [5.41, 5.74) is 0.572. The standard InChI is InChI=1S/C26H27F3N2O7/c1-15-11-18(27)23(29)24(22(15)28)37-14-20(32)19(12-21(33)34)30-25(35)17-7-9-31(10-8-17)26(36)38-13-16-5-3-2-4-6-16/h2-6,11,17,19H,7-10,12-14H2,1H3,(H,30,35)(H,33,34)/t19-/m0/s1. The van der Waals surface area contributed by atoms with Crippen molar-refractivity contribution in [2.45, 2.75) is 38.8 Å². The molecule has 38 heavy (non-hydrogen) atoms. The Morgan fingerprint density at radius 1 is 1.08 bits per heavy atom. The number of likely N-dealkylation sites (tertiary alicyclic amines) is 1. The fourth-order valence-electron chi connectivity index (χ4n) is 3.92. The average molecular weight is 537 g/mol. The smallest absolute Gasteiger partial charge is 0.410 e. The summed E-state index contributed by atoms with van der Waals surface area (Å²) in [6, 6.07) is 8.19. The Balaban J connectivity index is 1.53. The summed E-state index contributed by atoms with van der Waals surface area (Å²) < 4.78 is 51.8. The highest BCUT2D eigenvalue weighted by Gasteiger charge is 2.32. The van der Waals surface area contributed by atoms with E-state index in [0.29, 0.717) is 6.07 Å². The third-order valence-electron chi connectivity index (χ3n) is 6.07. The number of carboxylic acids is 1. The number of aliphatic carboxylic acids is 1. The lowest BCUT2D eigenvalue weighted by atomic mass is 9.95. The number of piperidine rings is 1. The van der Waals surface area contributed by atoms with Gasteiger partial charge >= 0.3 is 12.1 Å². The first kappa shape index (κ1) is 28.5. The molecule has 204 valence electrons.